The highest BCUT2D eigenvalue weighted by Gasteiger charge is 2.15. The fourth-order valence-corrected chi connectivity index (χ4v) is 1.77. The third-order valence-corrected chi connectivity index (χ3v) is 3.08. The number of hydrogen-bond donors (Lipinski definition) is 0. The van der Waals surface area contributed by atoms with Crippen LogP contribution in [0.3, 0.4) is 0 Å². The lowest BCUT2D eigenvalue weighted by Crippen LogP contribution is -2.17. The van der Waals surface area contributed by atoms with E-state index in [1.165, 1.54) is 0 Å². The molecule has 0 spiro atoms. The van der Waals surface area contributed by atoms with Crippen molar-refractivity contribution in [2.45, 2.75) is 20.8 Å². The van der Waals surface area contributed by atoms with E-state index in [-0.39, 0.29) is 0 Å². The van der Waals surface area contributed by atoms with Gasteiger partial charge in [-0.2, -0.15) is 0 Å². The van der Waals surface area contributed by atoms with Crippen LogP contribution in [0.2, 0.25) is 0 Å². The van der Waals surface area contributed by atoms with Crippen molar-refractivity contribution in [2.24, 2.45) is 0 Å². The molecule has 0 saturated heterocycles. The number of hydrogen-bond acceptors (Lipinski definition) is 3. The summed E-state index contributed by atoms with van der Waals surface area (Å²) in [5.41, 5.74) is 3.34. The Morgan fingerprint density at radius 2 is 1.75 bits per heavy atom. The second kappa shape index (κ2) is 5.10. The van der Waals surface area contributed by atoms with E-state index in [2.05, 4.69) is 18.7 Å². The Balaban J connectivity index is 3.40. The highest BCUT2D eigenvalue weighted by atomic mass is 16.5. The van der Waals surface area contributed by atoms with Gasteiger partial charge in [0.05, 0.1) is 19.9 Å². The molecule has 3 heteroatoms. The van der Waals surface area contributed by atoms with E-state index in [0.717, 1.165) is 34.9 Å². The third-order valence-electron chi connectivity index (χ3n) is 3.08. The van der Waals surface area contributed by atoms with Crippen molar-refractivity contribution >= 4 is 5.69 Å². The molecular formula is C13H21NO2. The van der Waals surface area contributed by atoms with Crippen LogP contribution in [-0.2, 0) is 0 Å². The zero-order valence-corrected chi connectivity index (χ0v) is 11.0. The number of nitrogens with zero attached hydrogens (tertiary/aromatic N) is 1. The number of rotatable bonds is 4. The molecule has 0 heterocycles. The zero-order chi connectivity index (χ0) is 12.3. The predicted molar refractivity (Wildman–Crippen MR) is 68.0 cm³/mol. The van der Waals surface area contributed by atoms with Gasteiger partial charge in [0, 0.05) is 19.7 Å². The molecule has 16 heavy (non-hydrogen) atoms. The number of anilines is 1. The minimum Gasteiger partial charge on any atom is -0.496 e. The van der Waals surface area contributed by atoms with Gasteiger partial charge in [-0.25, -0.2) is 0 Å². The van der Waals surface area contributed by atoms with Crippen molar-refractivity contribution in [3.05, 3.63) is 17.2 Å². The summed E-state index contributed by atoms with van der Waals surface area (Å²) in [5, 5.41) is 0. The Morgan fingerprint density at radius 1 is 1.12 bits per heavy atom. The quantitative estimate of drug-likeness (QED) is 0.783. The summed E-state index contributed by atoms with van der Waals surface area (Å²) in [6, 6.07) is 2.03. The lowest BCUT2D eigenvalue weighted by atomic mass is 10.1. The van der Waals surface area contributed by atoms with Crippen LogP contribution >= 0.6 is 0 Å². The summed E-state index contributed by atoms with van der Waals surface area (Å²) in [7, 11) is 5.46. The molecule has 0 bridgehead atoms. The molecule has 0 aliphatic heterocycles. The fraction of sp³-hybridized carbons (Fsp3) is 0.538. The van der Waals surface area contributed by atoms with Crippen molar-refractivity contribution < 1.29 is 9.47 Å². The van der Waals surface area contributed by atoms with Gasteiger partial charge in [0.2, 0.25) is 0 Å². The molecule has 1 aromatic rings. The smallest absolute Gasteiger partial charge is 0.145 e. The van der Waals surface area contributed by atoms with E-state index in [0.29, 0.717) is 0 Å². The normalized spacial score (nSPS) is 10.1. The van der Waals surface area contributed by atoms with Gasteiger partial charge in [0.25, 0.3) is 0 Å². The molecule has 1 aromatic carbocycles. The summed E-state index contributed by atoms with van der Waals surface area (Å²) in [5.74, 6) is 1.84. The molecule has 0 amide bonds. The molecule has 0 radical (unpaired) electrons. The fourth-order valence-electron chi connectivity index (χ4n) is 1.77. The van der Waals surface area contributed by atoms with E-state index < -0.39 is 0 Å². The maximum absolute atomic E-state index is 5.48. The SMILES string of the molecule is CCN(C)c1cc(OC)c(C)c(C)c1OC. The van der Waals surface area contributed by atoms with Gasteiger partial charge in [-0.3, -0.25) is 0 Å². The number of methoxy groups -OCH3 is 2. The van der Waals surface area contributed by atoms with E-state index in [4.69, 9.17) is 9.47 Å². The molecule has 3 nitrogen and oxygen atoms in total. The van der Waals surface area contributed by atoms with Crippen LogP contribution in [0.4, 0.5) is 5.69 Å². The van der Waals surface area contributed by atoms with Crippen molar-refractivity contribution in [2.75, 3.05) is 32.7 Å². The Kier molecular flexibility index (Phi) is 4.05. The predicted octanol–water partition coefficient (Wildman–Crippen LogP) is 2.78. The lowest BCUT2D eigenvalue weighted by molar-refractivity contribution is 0.398. The van der Waals surface area contributed by atoms with Crippen LogP contribution in [0.25, 0.3) is 0 Å². The number of benzene rings is 1. The first kappa shape index (κ1) is 12.7. The maximum Gasteiger partial charge on any atom is 0.145 e. The first-order valence-electron chi connectivity index (χ1n) is 5.50. The highest BCUT2D eigenvalue weighted by Crippen LogP contribution is 2.38. The second-order valence-corrected chi connectivity index (χ2v) is 3.90. The zero-order valence-electron chi connectivity index (χ0n) is 11.0. The van der Waals surface area contributed by atoms with Gasteiger partial charge in [0.1, 0.15) is 11.5 Å². The molecule has 0 saturated carbocycles. The Morgan fingerprint density at radius 3 is 2.19 bits per heavy atom. The van der Waals surface area contributed by atoms with Crippen molar-refractivity contribution in [1.82, 2.24) is 0 Å². The van der Waals surface area contributed by atoms with Crippen LogP contribution < -0.4 is 14.4 Å². The summed E-state index contributed by atoms with van der Waals surface area (Å²) >= 11 is 0. The summed E-state index contributed by atoms with van der Waals surface area (Å²) in [6.07, 6.45) is 0. The summed E-state index contributed by atoms with van der Waals surface area (Å²) in [6.45, 7) is 7.15. The van der Waals surface area contributed by atoms with Gasteiger partial charge >= 0.3 is 0 Å². The molecule has 1 rings (SSSR count). The monoisotopic (exact) mass is 223 g/mol. The Bertz CT molecular complexity index is 375. The molecule has 90 valence electrons. The highest BCUT2D eigenvalue weighted by molar-refractivity contribution is 5.67. The number of ether oxygens (including phenoxy) is 2. The van der Waals surface area contributed by atoms with Crippen LogP contribution in [-0.4, -0.2) is 27.8 Å². The van der Waals surface area contributed by atoms with Crippen molar-refractivity contribution in [3.8, 4) is 11.5 Å². The topological polar surface area (TPSA) is 21.7 Å². The van der Waals surface area contributed by atoms with Gasteiger partial charge in [-0.15, -0.1) is 0 Å². The second-order valence-electron chi connectivity index (χ2n) is 3.90. The lowest BCUT2D eigenvalue weighted by Gasteiger charge is -2.23. The van der Waals surface area contributed by atoms with Crippen LogP contribution in [0.15, 0.2) is 6.07 Å². The standard InChI is InChI=1S/C13H21NO2/c1-7-14(4)11-8-12(15-5)9(2)10(3)13(11)16-6/h8H,7H2,1-6H3. The van der Waals surface area contributed by atoms with Gasteiger partial charge in [-0.1, -0.05) is 0 Å². The van der Waals surface area contributed by atoms with E-state index in [1.54, 1.807) is 14.2 Å². The summed E-state index contributed by atoms with van der Waals surface area (Å²) in [4.78, 5) is 2.15. The average molecular weight is 223 g/mol. The van der Waals surface area contributed by atoms with Gasteiger partial charge < -0.3 is 14.4 Å². The van der Waals surface area contributed by atoms with Crippen LogP contribution in [0.5, 0.6) is 11.5 Å². The first-order chi connectivity index (χ1) is 7.56. The van der Waals surface area contributed by atoms with Crippen LogP contribution in [0.1, 0.15) is 18.1 Å². The van der Waals surface area contributed by atoms with Crippen molar-refractivity contribution in [1.29, 1.82) is 0 Å². The van der Waals surface area contributed by atoms with Gasteiger partial charge in [-0.05, 0) is 31.9 Å². The maximum atomic E-state index is 5.48. The van der Waals surface area contributed by atoms with E-state index >= 15 is 0 Å². The third kappa shape index (κ3) is 2.08. The first-order valence-corrected chi connectivity index (χ1v) is 5.50. The van der Waals surface area contributed by atoms with Gasteiger partial charge in [0.15, 0.2) is 0 Å². The molecule has 0 N–H and O–H groups in total. The minimum absolute atomic E-state index is 0.911. The Hall–Kier alpha value is -1.38. The molecule has 0 aliphatic rings. The minimum atomic E-state index is 0.911. The molecule has 0 unspecified atom stereocenters. The molecule has 0 aliphatic carbocycles. The average Bonchev–Trinajstić information content (AvgIpc) is 2.31. The molecular weight excluding hydrogens is 202 g/mol. The Labute approximate surface area is 98.0 Å². The van der Waals surface area contributed by atoms with E-state index in [1.807, 2.05) is 20.0 Å². The molecule has 0 aromatic heterocycles. The van der Waals surface area contributed by atoms with Crippen molar-refractivity contribution in [3.63, 3.8) is 0 Å². The molecule has 0 atom stereocenters. The van der Waals surface area contributed by atoms with Crippen LogP contribution in [0, 0.1) is 13.8 Å². The largest absolute Gasteiger partial charge is 0.496 e. The summed E-state index contributed by atoms with van der Waals surface area (Å²) < 4.78 is 10.9. The molecule has 0 fully saturated rings. The van der Waals surface area contributed by atoms with E-state index in [9.17, 15) is 0 Å².